The van der Waals surface area contributed by atoms with Crippen LogP contribution in [0.25, 0.3) is 0 Å². The summed E-state index contributed by atoms with van der Waals surface area (Å²) in [7, 11) is 2.16. The number of rotatable bonds is 2. The van der Waals surface area contributed by atoms with Gasteiger partial charge in [0.25, 0.3) is 0 Å². The van der Waals surface area contributed by atoms with Gasteiger partial charge in [0.1, 0.15) is 6.04 Å². The van der Waals surface area contributed by atoms with E-state index in [-0.39, 0.29) is 6.04 Å². The Bertz CT molecular complexity index is 245. The molecule has 0 bridgehead atoms. The fraction of sp³-hybridized carbons (Fsp3) is 0.909. The van der Waals surface area contributed by atoms with Crippen molar-refractivity contribution in [2.45, 2.75) is 37.8 Å². The number of piperidine rings is 1. The van der Waals surface area contributed by atoms with Gasteiger partial charge in [0.2, 0.25) is 0 Å². The zero-order chi connectivity index (χ0) is 10.8. The molecule has 2 aliphatic rings. The van der Waals surface area contributed by atoms with E-state index in [0.29, 0.717) is 12.0 Å². The van der Waals surface area contributed by atoms with Gasteiger partial charge in [0, 0.05) is 12.6 Å². The summed E-state index contributed by atoms with van der Waals surface area (Å²) in [5.74, 6) is -0.174. The van der Waals surface area contributed by atoms with Gasteiger partial charge < -0.3 is 15.3 Å². The Balaban J connectivity index is 1.91. The predicted molar refractivity (Wildman–Crippen MR) is 57.8 cm³/mol. The first-order chi connectivity index (χ1) is 7.18. The molecule has 2 N–H and O–H groups in total. The largest absolute Gasteiger partial charge is 0.480 e. The van der Waals surface area contributed by atoms with Crippen LogP contribution < -0.4 is 5.32 Å². The van der Waals surface area contributed by atoms with Gasteiger partial charge in [0.15, 0.2) is 0 Å². The Morgan fingerprint density at radius 1 is 1.47 bits per heavy atom. The van der Waals surface area contributed by atoms with Crippen LogP contribution in [-0.2, 0) is 4.79 Å². The van der Waals surface area contributed by atoms with Crippen molar-refractivity contribution >= 4 is 5.97 Å². The summed E-state index contributed by atoms with van der Waals surface area (Å²) in [6.45, 7) is 2.03. The third kappa shape index (κ3) is 2.32. The van der Waals surface area contributed by atoms with E-state index in [0.717, 1.165) is 13.0 Å². The minimum atomic E-state index is -0.698. The molecule has 0 aromatic heterocycles. The van der Waals surface area contributed by atoms with Crippen LogP contribution in [0.4, 0.5) is 0 Å². The normalized spacial score (nSPS) is 38.1. The molecule has 4 heteroatoms. The molecule has 2 rings (SSSR count). The lowest BCUT2D eigenvalue weighted by molar-refractivity contribution is -0.139. The van der Waals surface area contributed by atoms with Crippen LogP contribution in [0.1, 0.15) is 25.7 Å². The summed E-state index contributed by atoms with van der Waals surface area (Å²) < 4.78 is 0. The lowest BCUT2D eigenvalue weighted by Crippen LogP contribution is -2.42. The highest BCUT2D eigenvalue weighted by Gasteiger charge is 2.36. The summed E-state index contributed by atoms with van der Waals surface area (Å²) in [5, 5.41) is 12.0. The number of carbonyl (C=O) groups is 1. The molecule has 15 heavy (non-hydrogen) atoms. The number of hydrogen-bond acceptors (Lipinski definition) is 3. The van der Waals surface area contributed by atoms with Crippen LogP contribution in [0.15, 0.2) is 0 Å². The first-order valence-electron chi connectivity index (χ1n) is 5.85. The van der Waals surface area contributed by atoms with Crippen molar-refractivity contribution in [2.24, 2.45) is 5.92 Å². The van der Waals surface area contributed by atoms with Crippen molar-refractivity contribution in [3.05, 3.63) is 0 Å². The lowest BCUT2D eigenvalue weighted by Gasteiger charge is -2.36. The Morgan fingerprint density at radius 3 is 2.87 bits per heavy atom. The molecule has 3 atom stereocenters. The van der Waals surface area contributed by atoms with Crippen molar-refractivity contribution in [3.63, 3.8) is 0 Å². The number of nitrogens with zero attached hydrogens (tertiary/aromatic N) is 1. The second-order valence-electron chi connectivity index (χ2n) is 4.84. The lowest BCUT2D eigenvalue weighted by atomic mass is 9.89. The van der Waals surface area contributed by atoms with E-state index in [4.69, 9.17) is 5.11 Å². The van der Waals surface area contributed by atoms with Gasteiger partial charge in [-0.2, -0.15) is 0 Å². The highest BCUT2D eigenvalue weighted by atomic mass is 16.4. The zero-order valence-corrected chi connectivity index (χ0v) is 9.28. The Kier molecular flexibility index (Phi) is 3.26. The fourth-order valence-electron chi connectivity index (χ4n) is 2.94. The van der Waals surface area contributed by atoms with E-state index in [2.05, 4.69) is 17.3 Å². The van der Waals surface area contributed by atoms with Crippen molar-refractivity contribution in [1.82, 2.24) is 10.2 Å². The number of hydrogen-bond donors (Lipinski definition) is 2. The molecule has 0 aromatic rings. The van der Waals surface area contributed by atoms with E-state index in [1.807, 2.05) is 0 Å². The first-order valence-corrected chi connectivity index (χ1v) is 5.85. The quantitative estimate of drug-likeness (QED) is 0.701. The van der Waals surface area contributed by atoms with Crippen molar-refractivity contribution in [2.75, 3.05) is 20.1 Å². The SMILES string of the molecule is CN1CCCCC1C1CNC(C(=O)O)C1. The second-order valence-corrected chi connectivity index (χ2v) is 4.84. The molecule has 0 radical (unpaired) electrons. The molecule has 2 heterocycles. The van der Waals surface area contributed by atoms with Gasteiger partial charge in [-0.05, 0) is 38.8 Å². The van der Waals surface area contributed by atoms with Crippen LogP contribution in [0.3, 0.4) is 0 Å². The Labute approximate surface area is 90.6 Å². The zero-order valence-electron chi connectivity index (χ0n) is 9.28. The molecular formula is C11H20N2O2. The standard InChI is InChI=1S/C11H20N2O2/c1-13-5-3-2-4-10(13)8-6-9(11(14)15)12-7-8/h8-10,12H,2-7H2,1H3,(H,14,15). The summed E-state index contributed by atoms with van der Waals surface area (Å²) in [6, 6.07) is 0.279. The highest BCUT2D eigenvalue weighted by Crippen LogP contribution is 2.27. The maximum Gasteiger partial charge on any atom is 0.320 e. The number of carboxylic acid groups (broad SMARTS) is 1. The molecule has 0 saturated carbocycles. The van der Waals surface area contributed by atoms with Gasteiger partial charge in [0.05, 0.1) is 0 Å². The van der Waals surface area contributed by atoms with Crippen LogP contribution in [0, 0.1) is 5.92 Å². The molecular weight excluding hydrogens is 192 g/mol. The maximum absolute atomic E-state index is 10.8. The minimum absolute atomic E-state index is 0.315. The molecule has 2 aliphatic heterocycles. The number of aliphatic carboxylic acids is 1. The van der Waals surface area contributed by atoms with E-state index in [1.165, 1.54) is 25.8 Å². The van der Waals surface area contributed by atoms with Gasteiger partial charge in [-0.3, -0.25) is 4.79 Å². The predicted octanol–water partition coefficient (Wildman–Crippen LogP) is 0.533. The molecule has 0 aliphatic carbocycles. The molecule has 3 unspecified atom stereocenters. The van der Waals surface area contributed by atoms with Crippen LogP contribution >= 0.6 is 0 Å². The maximum atomic E-state index is 10.8. The fourth-order valence-corrected chi connectivity index (χ4v) is 2.94. The number of likely N-dealkylation sites (tertiary alicyclic amines) is 1. The van der Waals surface area contributed by atoms with Gasteiger partial charge >= 0.3 is 5.97 Å². The molecule has 2 saturated heterocycles. The third-order valence-corrected chi connectivity index (χ3v) is 3.83. The summed E-state index contributed by atoms with van der Waals surface area (Å²) in [4.78, 5) is 13.2. The minimum Gasteiger partial charge on any atom is -0.480 e. The van der Waals surface area contributed by atoms with Crippen LogP contribution in [0.2, 0.25) is 0 Å². The van der Waals surface area contributed by atoms with Gasteiger partial charge in [-0.25, -0.2) is 0 Å². The topological polar surface area (TPSA) is 52.6 Å². The molecule has 0 spiro atoms. The van der Waals surface area contributed by atoms with Gasteiger partial charge in [-0.15, -0.1) is 0 Å². The first kappa shape index (κ1) is 10.9. The van der Waals surface area contributed by atoms with Crippen LogP contribution in [-0.4, -0.2) is 48.2 Å². The Morgan fingerprint density at radius 2 is 2.27 bits per heavy atom. The van der Waals surface area contributed by atoms with E-state index >= 15 is 0 Å². The average Bonchev–Trinajstić information content (AvgIpc) is 2.67. The smallest absolute Gasteiger partial charge is 0.320 e. The van der Waals surface area contributed by atoms with E-state index in [9.17, 15) is 4.79 Å². The van der Waals surface area contributed by atoms with Crippen molar-refractivity contribution in [1.29, 1.82) is 0 Å². The summed E-state index contributed by atoms with van der Waals surface area (Å²) >= 11 is 0. The Hall–Kier alpha value is -0.610. The summed E-state index contributed by atoms with van der Waals surface area (Å²) in [6.07, 6.45) is 4.61. The molecule has 2 fully saturated rings. The second kappa shape index (κ2) is 4.49. The average molecular weight is 212 g/mol. The third-order valence-electron chi connectivity index (χ3n) is 3.83. The molecule has 4 nitrogen and oxygen atoms in total. The van der Waals surface area contributed by atoms with Crippen molar-refractivity contribution < 1.29 is 9.90 Å². The molecule has 0 amide bonds. The summed E-state index contributed by atoms with van der Waals surface area (Å²) in [5.41, 5.74) is 0. The van der Waals surface area contributed by atoms with Crippen LogP contribution in [0.5, 0.6) is 0 Å². The monoisotopic (exact) mass is 212 g/mol. The number of nitrogens with one attached hydrogen (secondary N) is 1. The van der Waals surface area contributed by atoms with Crippen molar-refractivity contribution in [3.8, 4) is 0 Å². The number of carboxylic acids is 1. The highest BCUT2D eigenvalue weighted by molar-refractivity contribution is 5.73. The molecule has 86 valence electrons. The van der Waals surface area contributed by atoms with E-state index < -0.39 is 5.97 Å². The molecule has 0 aromatic carbocycles. The van der Waals surface area contributed by atoms with E-state index in [1.54, 1.807) is 0 Å². The van der Waals surface area contributed by atoms with Gasteiger partial charge in [-0.1, -0.05) is 6.42 Å².